The summed E-state index contributed by atoms with van der Waals surface area (Å²) in [6.07, 6.45) is 9.48. The number of hydrogen-bond donors (Lipinski definition) is 2. The van der Waals surface area contributed by atoms with E-state index in [1.807, 2.05) is 18.3 Å². The van der Waals surface area contributed by atoms with Crippen LogP contribution in [0.2, 0.25) is 0 Å². The third kappa shape index (κ3) is 3.91. The van der Waals surface area contributed by atoms with Gasteiger partial charge < -0.3 is 10.3 Å². The third-order valence-electron chi connectivity index (χ3n) is 6.06. The van der Waals surface area contributed by atoms with Crippen LogP contribution in [-0.4, -0.2) is 25.8 Å². The summed E-state index contributed by atoms with van der Waals surface area (Å²) in [5.41, 5.74) is 4.24. The molecule has 3 aromatic heterocycles. The summed E-state index contributed by atoms with van der Waals surface area (Å²) in [7, 11) is 0. The molecule has 1 fully saturated rings. The van der Waals surface area contributed by atoms with Crippen molar-refractivity contribution >= 4 is 10.9 Å². The minimum atomic E-state index is -0.0241. The number of aromatic nitrogens is 4. The van der Waals surface area contributed by atoms with Crippen LogP contribution in [-0.2, 0) is 6.54 Å². The molecule has 0 aliphatic heterocycles. The van der Waals surface area contributed by atoms with Crippen molar-refractivity contribution in [3.63, 3.8) is 0 Å². The Kier molecular flexibility index (Phi) is 5.15. The quantitative estimate of drug-likeness (QED) is 0.531. The number of rotatable bonds is 5. The summed E-state index contributed by atoms with van der Waals surface area (Å²) in [5, 5.41) is 9.60. The number of pyridine rings is 1. The minimum Gasteiger partial charge on any atom is -0.361 e. The van der Waals surface area contributed by atoms with Crippen LogP contribution in [0.1, 0.15) is 37.3 Å². The lowest BCUT2D eigenvalue weighted by Crippen LogP contribution is -2.36. The van der Waals surface area contributed by atoms with Crippen LogP contribution in [0.15, 0.2) is 71.9 Å². The van der Waals surface area contributed by atoms with Crippen LogP contribution in [0.5, 0.6) is 0 Å². The van der Waals surface area contributed by atoms with Gasteiger partial charge in [-0.25, -0.2) is 4.68 Å². The molecule has 6 heteroatoms. The molecule has 5 rings (SSSR count). The highest BCUT2D eigenvalue weighted by Gasteiger charge is 2.23. The van der Waals surface area contributed by atoms with E-state index in [0.717, 1.165) is 43.5 Å². The molecular weight excluding hydrogens is 374 g/mol. The van der Waals surface area contributed by atoms with Gasteiger partial charge in [-0.15, -0.1) is 0 Å². The van der Waals surface area contributed by atoms with Crippen molar-refractivity contribution in [2.24, 2.45) is 0 Å². The molecule has 0 bridgehead atoms. The first-order valence-electron chi connectivity index (χ1n) is 10.6. The average Bonchev–Trinajstić information content (AvgIpc) is 3.27. The van der Waals surface area contributed by atoms with Crippen molar-refractivity contribution in [3.8, 4) is 11.3 Å². The number of benzene rings is 1. The lowest BCUT2D eigenvalue weighted by Gasteiger charge is -2.30. The van der Waals surface area contributed by atoms with E-state index in [2.05, 4.69) is 44.6 Å². The molecular formula is C24H25N5O. The van der Waals surface area contributed by atoms with Crippen molar-refractivity contribution in [2.45, 2.75) is 44.3 Å². The van der Waals surface area contributed by atoms with Crippen LogP contribution in [0.25, 0.3) is 22.2 Å². The topological polar surface area (TPSA) is 75.6 Å². The van der Waals surface area contributed by atoms with E-state index in [9.17, 15) is 4.79 Å². The van der Waals surface area contributed by atoms with Crippen LogP contribution in [0.3, 0.4) is 0 Å². The summed E-state index contributed by atoms with van der Waals surface area (Å²) in [4.78, 5) is 19.7. The van der Waals surface area contributed by atoms with Gasteiger partial charge in [0, 0.05) is 48.3 Å². The Morgan fingerprint density at radius 3 is 2.67 bits per heavy atom. The number of aromatic amines is 1. The van der Waals surface area contributed by atoms with Crippen LogP contribution in [0, 0.1) is 0 Å². The lowest BCUT2D eigenvalue weighted by molar-refractivity contribution is 0.269. The van der Waals surface area contributed by atoms with Gasteiger partial charge in [-0.1, -0.05) is 6.07 Å². The number of H-pyrrole nitrogens is 1. The molecule has 1 aliphatic carbocycles. The summed E-state index contributed by atoms with van der Waals surface area (Å²) < 4.78 is 1.69. The molecule has 1 saturated carbocycles. The normalized spacial score (nSPS) is 19.2. The highest BCUT2D eigenvalue weighted by Crippen LogP contribution is 2.28. The Morgan fingerprint density at radius 2 is 1.83 bits per heavy atom. The van der Waals surface area contributed by atoms with Gasteiger partial charge in [-0.2, -0.15) is 5.10 Å². The second kappa shape index (κ2) is 8.24. The number of fused-ring (bicyclic) bond motifs is 1. The van der Waals surface area contributed by atoms with Crippen molar-refractivity contribution in [3.05, 3.63) is 83.0 Å². The first kappa shape index (κ1) is 18.8. The zero-order valence-corrected chi connectivity index (χ0v) is 16.8. The summed E-state index contributed by atoms with van der Waals surface area (Å²) in [6, 6.07) is 16.5. The van der Waals surface area contributed by atoms with Gasteiger partial charge >= 0.3 is 0 Å². The van der Waals surface area contributed by atoms with E-state index in [4.69, 9.17) is 0 Å². The Hall–Kier alpha value is -3.25. The Bertz CT molecular complexity index is 1190. The van der Waals surface area contributed by atoms with Crippen molar-refractivity contribution < 1.29 is 0 Å². The van der Waals surface area contributed by atoms with E-state index in [1.165, 1.54) is 16.5 Å². The fourth-order valence-corrected chi connectivity index (χ4v) is 4.36. The molecule has 3 heterocycles. The summed E-state index contributed by atoms with van der Waals surface area (Å²) >= 11 is 0. The summed E-state index contributed by atoms with van der Waals surface area (Å²) in [6.45, 7) is 0.867. The Labute approximate surface area is 175 Å². The monoisotopic (exact) mass is 399 g/mol. The van der Waals surface area contributed by atoms with E-state index in [1.54, 1.807) is 29.2 Å². The fourth-order valence-electron chi connectivity index (χ4n) is 4.36. The zero-order chi connectivity index (χ0) is 20.3. The lowest BCUT2D eigenvalue weighted by atomic mass is 9.91. The maximum absolute atomic E-state index is 12.4. The standard InChI is InChI=1S/C24H25N5O/c30-24-8-7-23(18-9-12-25-13-10-18)28-29(24)21-4-2-20(3-5-21)27-16-17-1-6-22-19(15-17)11-14-26-22/h1,6-15,20-21,26-27H,2-5,16H2. The molecule has 0 radical (unpaired) electrons. The molecule has 0 unspecified atom stereocenters. The minimum absolute atomic E-state index is 0.0241. The second-order valence-corrected chi connectivity index (χ2v) is 8.02. The predicted molar refractivity (Wildman–Crippen MR) is 118 cm³/mol. The molecule has 4 aromatic rings. The van der Waals surface area contributed by atoms with Crippen molar-refractivity contribution in [1.29, 1.82) is 0 Å². The highest BCUT2D eigenvalue weighted by molar-refractivity contribution is 5.79. The van der Waals surface area contributed by atoms with Gasteiger partial charge in [-0.3, -0.25) is 9.78 Å². The maximum Gasteiger partial charge on any atom is 0.267 e. The molecule has 0 spiro atoms. The highest BCUT2D eigenvalue weighted by atomic mass is 16.1. The predicted octanol–water partition coefficient (Wildman–Crippen LogP) is 4.06. The van der Waals surface area contributed by atoms with Crippen LogP contribution >= 0.6 is 0 Å². The van der Waals surface area contributed by atoms with E-state index >= 15 is 0 Å². The van der Waals surface area contributed by atoms with E-state index in [0.29, 0.717) is 6.04 Å². The van der Waals surface area contributed by atoms with Gasteiger partial charge in [0.25, 0.3) is 5.56 Å². The molecule has 1 aromatic carbocycles. The van der Waals surface area contributed by atoms with Crippen LogP contribution in [0.4, 0.5) is 0 Å². The number of nitrogens with one attached hydrogen (secondary N) is 2. The largest absolute Gasteiger partial charge is 0.361 e. The van der Waals surface area contributed by atoms with Gasteiger partial charge in [-0.05, 0) is 73.0 Å². The zero-order valence-electron chi connectivity index (χ0n) is 16.8. The first-order valence-corrected chi connectivity index (χ1v) is 10.6. The third-order valence-corrected chi connectivity index (χ3v) is 6.06. The molecule has 0 atom stereocenters. The molecule has 0 saturated heterocycles. The summed E-state index contributed by atoms with van der Waals surface area (Å²) in [5.74, 6) is 0. The van der Waals surface area contributed by atoms with E-state index in [-0.39, 0.29) is 11.6 Å². The van der Waals surface area contributed by atoms with Crippen molar-refractivity contribution in [2.75, 3.05) is 0 Å². The maximum atomic E-state index is 12.4. The van der Waals surface area contributed by atoms with Crippen molar-refractivity contribution in [1.82, 2.24) is 25.1 Å². The van der Waals surface area contributed by atoms with E-state index < -0.39 is 0 Å². The first-order chi connectivity index (χ1) is 14.8. The average molecular weight is 399 g/mol. The fraction of sp³-hybridized carbons (Fsp3) is 0.292. The van der Waals surface area contributed by atoms with Gasteiger partial charge in [0.1, 0.15) is 0 Å². The SMILES string of the molecule is O=c1ccc(-c2ccncc2)nn1C1CCC(NCc2ccc3[nH]ccc3c2)CC1. The second-order valence-electron chi connectivity index (χ2n) is 8.02. The van der Waals surface area contributed by atoms with Gasteiger partial charge in [0.15, 0.2) is 0 Å². The molecule has 0 amide bonds. The molecule has 6 nitrogen and oxygen atoms in total. The number of hydrogen-bond acceptors (Lipinski definition) is 4. The molecule has 2 N–H and O–H groups in total. The van der Waals surface area contributed by atoms with Crippen LogP contribution < -0.4 is 10.9 Å². The Balaban J connectivity index is 1.22. The molecule has 1 aliphatic rings. The smallest absolute Gasteiger partial charge is 0.267 e. The Morgan fingerprint density at radius 1 is 1.00 bits per heavy atom. The molecule has 30 heavy (non-hydrogen) atoms. The van der Waals surface area contributed by atoms with Gasteiger partial charge in [0.2, 0.25) is 0 Å². The number of nitrogens with zero attached hydrogens (tertiary/aromatic N) is 3. The van der Waals surface area contributed by atoms with Gasteiger partial charge in [0.05, 0.1) is 11.7 Å². The molecule has 152 valence electrons.